The van der Waals surface area contributed by atoms with Crippen molar-refractivity contribution in [2.45, 2.75) is 0 Å². The molecule has 29 heavy (non-hydrogen) atoms. The molecule has 0 radical (unpaired) electrons. The van der Waals surface area contributed by atoms with Gasteiger partial charge in [-0.2, -0.15) is 0 Å². The number of rotatable bonds is 4. The molecular formula is C26H20O3. The number of methoxy groups -OCH3 is 2. The van der Waals surface area contributed by atoms with Crippen molar-refractivity contribution in [3.8, 4) is 33.9 Å². The van der Waals surface area contributed by atoms with Gasteiger partial charge in [-0.3, -0.25) is 0 Å². The maximum absolute atomic E-state index is 6.41. The highest BCUT2D eigenvalue weighted by Gasteiger charge is 2.20. The van der Waals surface area contributed by atoms with Crippen molar-refractivity contribution < 1.29 is 13.9 Å². The maximum atomic E-state index is 6.41. The smallest absolute Gasteiger partial charge is 0.143 e. The molecule has 5 aromatic rings. The minimum Gasteiger partial charge on any atom is -0.497 e. The van der Waals surface area contributed by atoms with Gasteiger partial charge in [0.15, 0.2) is 0 Å². The third-order valence-electron chi connectivity index (χ3n) is 5.29. The van der Waals surface area contributed by atoms with E-state index in [-0.39, 0.29) is 0 Å². The van der Waals surface area contributed by atoms with Gasteiger partial charge >= 0.3 is 0 Å². The molecule has 0 aliphatic heterocycles. The summed E-state index contributed by atoms with van der Waals surface area (Å²) in [4.78, 5) is 0. The van der Waals surface area contributed by atoms with Crippen molar-refractivity contribution in [2.75, 3.05) is 14.2 Å². The molecule has 5 rings (SSSR count). The van der Waals surface area contributed by atoms with E-state index in [0.717, 1.165) is 55.7 Å². The molecule has 1 aromatic heterocycles. The van der Waals surface area contributed by atoms with E-state index >= 15 is 0 Å². The fourth-order valence-corrected chi connectivity index (χ4v) is 3.85. The predicted octanol–water partition coefficient (Wildman–Crippen LogP) is 6.94. The Bertz CT molecular complexity index is 1300. The molecule has 0 fully saturated rings. The largest absolute Gasteiger partial charge is 0.497 e. The predicted molar refractivity (Wildman–Crippen MR) is 118 cm³/mol. The van der Waals surface area contributed by atoms with Crippen molar-refractivity contribution in [3.05, 3.63) is 84.9 Å². The van der Waals surface area contributed by atoms with Crippen LogP contribution in [0, 0.1) is 0 Å². The molecule has 4 aromatic carbocycles. The van der Waals surface area contributed by atoms with Crippen molar-refractivity contribution in [1.29, 1.82) is 0 Å². The van der Waals surface area contributed by atoms with Crippen LogP contribution in [0.3, 0.4) is 0 Å². The van der Waals surface area contributed by atoms with Gasteiger partial charge in [-0.05, 0) is 46.7 Å². The van der Waals surface area contributed by atoms with E-state index in [0.29, 0.717) is 0 Å². The summed E-state index contributed by atoms with van der Waals surface area (Å²) in [7, 11) is 3.37. The Balaban J connectivity index is 1.90. The summed E-state index contributed by atoms with van der Waals surface area (Å²) in [5.74, 6) is 2.52. The fraction of sp³-hybridized carbons (Fsp3) is 0.0769. The van der Waals surface area contributed by atoms with Crippen molar-refractivity contribution in [3.63, 3.8) is 0 Å². The summed E-state index contributed by atoms with van der Waals surface area (Å²) in [6.07, 6.45) is 0. The van der Waals surface area contributed by atoms with E-state index in [2.05, 4.69) is 42.5 Å². The molecule has 0 unspecified atom stereocenters. The van der Waals surface area contributed by atoms with Gasteiger partial charge in [0, 0.05) is 16.5 Å². The zero-order chi connectivity index (χ0) is 19.8. The second kappa shape index (κ2) is 7.02. The summed E-state index contributed by atoms with van der Waals surface area (Å²) in [6, 6.07) is 28.6. The van der Waals surface area contributed by atoms with Crippen LogP contribution >= 0.6 is 0 Å². The molecule has 3 heteroatoms. The number of benzene rings is 4. The highest BCUT2D eigenvalue weighted by molar-refractivity contribution is 6.16. The van der Waals surface area contributed by atoms with Crippen LogP contribution < -0.4 is 9.47 Å². The van der Waals surface area contributed by atoms with Crippen LogP contribution in [-0.2, 0) is 0 Å². The first-order valence-electron chi connectivity index (χ1n) is 9.51. The van der Waals surface area contributed by atoms with Crippen molar-refractivity contribution >= 4 is 21.7 Å². The molecule has 142 valence electrons. The maximum Gasteiger partial charge on any atom is 0.143 e. The van der Waals surface area contributed by atoms with Crippen LogP contribution in [0.15, 0.2) is 89.3 Å². The Hall–Kier alpha value is -3.72. The van der Waals surface area contributed by atoms with Gasteiger partial charge in [-0.15, -0.1) is 0 Å². The summed E-state index contributed by atoms with van der Waals surface area (Å²) in [5.41, 5.74) is 4.06. The van der Waals surface area contributed by atoms with Gasteiger partial charge in [0.2, 0.25) is 0 Å². The molecule has 0 bridgehead atoms. The standard InChI is InChI=1S/C26H20O3/c1-27-20-12-9-18(10-13-20)24-25-22-16-21(28-2)14-8-17(22)11-15-23(25)29-26(24)19-6-4-3-5-7-19/h3-16H,1-2H3. The topological polar surface area (TPSA) is 31.6 Å². The first-order chi connectivity index (χ1) is 14.3. The minimum absolute atomic E-state index is 0.827. The van der Waals surface area contributed by atoms with Crippen molar-refractivity contribution in [1.82, 2.24) is 0 Å². The fourth-order valence-electron chi connectivity index (χ4n) is 3.85. The molecule has 0 amide bonds. The quantitative estimate of drug-likeness (QED) is 0.338. The van der Waals surface area contributed by atoms with E-state index in [1.165, 1.54) is 0 Å². The van der Waals surface area contributed by atoms with Gasteiger partial charge < -0.3 is 13.9 Å². The van der Waals surface area contributed by atoms with E-state index < -0.39 is 0 Å². The minimum atomic E-state index is 0.827. The Morgan fingerprint density at radius 1 is 0.655 bits per heavy atom. The second-order valence-corrected chi connectivity index (χ2v) is 6.93. The van der Waals surface area contributed by atoms with Gasteiger partial charge in [0.05, 0.1) is 14.2 Å². The summed E-state index contributed by atoms with van der Waals surface area (Å²) in [5, 5.41) is 3.34. The zero-order valence-corrected chi connectivity index (χ0v) is 16.3. The molecular weight excluding hydrogens is 360 g/mol. The lowest BCUT2D eigenvalue weighted by Crippen LogP contribution is -1.86. The molecule has 0 saturated carbocycles. The number of hydrogen-bond acceptors (Lipinski definition) is 3. The highest BCUT2D eigenvalue weighted by atomic mass is 16.5. The molecule has 0 aliphatic rings. The number of hydrogen-bond donors (Lipinski definition) is 0. The molecule has 0 aliphatic carbocycles. The Kier molecular flexibility index (Phi) is 4.21. The lowest BCUT2D eigenvalue weighted by atomic mass is 9.95. The molecule has 0 saturated heterocycles. The summed E-state index contributed by atoms with van der Waals surface area (Å²) < 4.78 is 17.2. The Labute approximate surface area is 169 Å². The van der Waals surface area contributed by atoms with E-state index in [9.17, 15) is 0 Å². The first-order valence-corrected chi connectivity index (χ1v) is 9.51. The van der Waals surface area contributed by atoms with E-state index in [1.54, 1.807) is 14.2 Å². The van der Waals surface area contributed by atoms with Gasteiger partial charge in [-0.1, -0.05) is 54.6 Å². The SMILES string of the molecule is COc1ccc(-c2c(-c3ccccc3)oc3ccc4ccc(OC)cc4c23)cc1. The third-order valence-corrected chi connectivity index (χ3v) is 5.29. The van der Waals surface area contributed by atoms with Crippen molar-refractivity contribution in [2.24, 2.45) is 0 Å². The van der Waals surface area contributed by atoms with Crippen LogP contribution in [0.1, 0.15) is 0 Å². The van der Waals surface area contributed by atoms with Gasteiger partial charge in [-0.25, -0.2) is 0 Å². The van der Waals surface area contributed by atoms with Gasteiger partial charge in [0.1, 0.15) is 22.8 Å². The Morgan fingerprint density at radius 2 is 1.34 bits per heavy atom. The number of furan rings is 1. The van der Waals surface area contributed by atoms with E-state index in [4.69, 9.17) is 13.9 Å². The molecule has 1 heterocycles. The molecule has 0 spiro atoms. The Morgan fingerprint density at radius 3 is 2.07 bits per heavy atom. The molecule has 0 N–H and O–H groups in total. The van der Waals surface area contributed by atoms with Crippen LogP contribution in [0.4, 0.5) is 0 Å². The molecule has 3 nitrogen and oxygen atoms in total. The number of fused-ring (bicyclic) bond motifs is 3. The second-order valence-electron chi connectivity index (χ2n) is 6.93. The van der Waals surface area contributed by atoms with Crippen LogP contribution in [0.25, 0.3) is 44.2 Å². The number of ether oxygens (including phenoxy) is 2. The van der Waals surface area contributed by atoms with Gasteiger partial charge in [0.25, 0.3) is 0 Å². The van der Waals surface area contributed by atoms with Crippen LogP contribution in [0.5, 0.6) is 11.5 Å². The zero-order valence-electron chi connectivity index (χ0n) is 16.3. The normalized spacial score (nSPS) is 11.1. The van der Waals surface area contributed by atoms with E-state index in [1.807, 2.05) is 42.5 Å². The third kappa shape index (κ3) is 2.92. The molecule has 0 atom stereocenters. The average Bonchev–Trinajstić information content (AvgIpc) is 3.19. The summed E-state index contributed by atoms with van der Waals surface area (Å²) >= 11 is 0. The van der Waals surface area contributed by atoms with Crippen LogP contribution in [0.2, 0.25) is 0 Å². The summed E-state index contributed by atoms with van der Waals surface area (Å²) in [6.45, 7) is 0. The lowest BCUT2D eigenvalue weighted by molar-refractivity contribution is 0.415. The van der Waals surface area contributed by atoms with Crippen LogP contribution in [-0.4, -0.2) is 14.2 Å². The monoisotopic (exact) mass is 380 g/mol. The first kappa shape index (κ1) is 17.4. The highest BCUT2D eigenvalue weighted by Crippen LogP contribution is 2.44. The average molecular weight is 380 g/mol. The lowest BCUT2D eigenvalue weighted by Gasteiger charge is -2.08.